The summed E-state index contributed by atoms with van der Waals surface area (Å²) in [5, 5.41) is 0. The zero-order valence-electron chi connectivity index (χ0n) is 10.7. The van der Waals surface area contributed by atoms with Crippen LogP contribution in [0.2, 0.25) is 0 Å². The first-order valence-corrected chi connectivity index (χ1v) is 6.02. The van der Waals surface area contributed by atoms with Gasteiger partial charge in [0.1, 0.15) is 0 Å². The Labute approximate surface area is 112 Å². The highest BCUT2D eigenvalue weighted by Crippen LogP contribution is 2.18. The normalized spacial score (nSPS) is 12.3. The van der Waals surface area contributed by atoms with E-state index in [9.17, 15) is 4.79 Å². The highest BCUT2D eigenvalue weighted by atomic mass is 16.5. The van der Waals surface area contributed by atoms with Crippen LogP contribution in [-0.4, -0.2) is 19.3 Å². The molecule has 0 radical (unpaired) electrons. The van der Waals surface area contributed by atoms with Crippen LogP contribution in [-0.2, 0) is 9.53 Å². The summed E-state index contributed by atoms with van der Waals surface area (Å²) in [4.78, 5) is 16.1. The first-order chi connectivity index (χ1) is 9.31. The predicted molar refractivity (Wildman–Crippen MR) is 75.2 cm³/mol. The lowest BCUT2D eigenvalue weighted by molar-refractivity contribution is -0.142. The SMILES string of the molecule is COC(=O)C(/N=C\c1ccccc1)c1ccccc1. The van der Waals surface area contributed by atoms with E-state index >= 15 is 0 Å². The van der Waals surface area contributed by atoms with Gasteiger partial charge in [-0.15, -0.1) is 0 Å². The van der Waals surface area contributed by atoms with Gasteiger partial charge in [-0.1, -0.05) is 60.7 Å². The second-order valence-corrected chi connectivity index (χ2v) is 4.03. The van der Waals surface area contributed by atoms with E-state index in [-0.39, 0.29) is 5.97 Å². The third kappa shape index (κ3) is 3.52. The Bertz CT molecular complexity index is 549. The minimum Gasteiger partial charge on any atom is -0.467 e. The van der Waals surface area contributed by atoms with Gasteiger partial charge in [-0.2, -0.15) is 0 Å². The van der Waals surface area contributed by atoms with Gasteiger partial charge in [-0.05, 0) is 11.1 Å². The van der Waals surface area contributed by atoms with Crippen LogP contribution in [0.25, 0.3) is 0 Å². The van der Waals surface area contributed by atoms with E-state index in [0.29, 0.717) is 0 Å². The molecular weight excluding hydrogens is 238 g/mol. The molecule has 0 aromatic heterocycles. The fourth-order valence-electron chi connectivity index (χ4n) is 1.73. The quantitative estimate of drug-likeness (QED) is 0.620. The Hall–Kier alpha value is -2.42. The summed E-state index contributed by atoms with van der Waals surface area (Å²) in [5.41, 5.74) is 1.77. The maximum Gasteiger partial charge on any atom is 0.335 e. The standard InChI is InChI=1S/C16H15NO2/c1-19-16(18)15(14-10-6-3-7-11-14)17-12-13-8-4-2-5-9-13/h2-12,15H,1H3/b17-12-. The molecule has 0 bridgehead atoms. The third-order valence-electron chi connectivity index (χ3n) is 2.71. The van der Waals surface area contributed by atoms with E-state index in [1.54, 1.807) is 6.21 Å². The van der Waals surface area contributed by atoms with Gasteiger partial charge < -0.3 is 4.74 Å². The van der Waals surface area contributed by atoms with Crippen molar-refractivity contribution in [2.45, 2.75) is 6.04 Å². The molecule has 3 nitrogen and oxygen atoms in total. The number of nitrogens with zero attached hydrogens (tertiary/aromatic N) is 1. The molecular formula is C16H15NO2. The molecule has 0 amide bonds. The zero-order chi connectivity index (χ0) is 13.5. The summed E-state index contributed by atoms with van der Waals surface area (Å²) >= 11 is 0. The van der Waals surface area contributed by atoms with Crippen molar-refractivity contribution in [3.8, 4) is 0 Å². The third-order valence-corrected chi connectivity index (χ3v) is 2.71. The summed E-state index contributed by atoms with van der Waals surface area (Å²) in [6.07, 6.45) is 1.69. The lowest BCUT2D eigenvalue weighted by Crippen LogP contribution is -2.12. The lowest BCUT2D eigenvalue weighted by Gasteiger charge is -2.10. The summed E-state index contributed by atoms with van der Waals surface area (Å²) in [7, 11) is 1.37. The molecule has 1 atom stereocenters. The maximum absolute atomic E-state index is 11.8. The molecule has 0 fully saturated rings. The smallest absolute Gasteiger partial charge is 0.335 e. The second-order valence-electron chi connectivity index (χ2n) is 4.03. The van der Waals surface area contributed by atoms with Crippen LogP contribution in [0.15, 0.2) is 65.7 Å². The van der Waals surface area contributed by atoms with Crippen molar-refractivity contribution in [2.75, 3.05) is 7.11 Å². The van der Waals surface area contributed by atoms with Crippen LogP contribution < -0.4 is 0 Å². The van der Waals surface area contributed by atoms with Gasteiger partial charge in [0.05, 0.1) is 7.11 Å². The molecule has 96 valence electrons. The fourth-order valence-corrected chi connectivity index (χ4v) is 1.73. The summed E-state index contributed by atoms with van der Waals surface area (Å²) in [6.45, 7) is 0. The van der Waals surface area contributed by atoms with Crippen molar-refractivity contribution in [2.24, 2.45) is 4.99 Å². The van der Waals surface area contributed by atoms with E-state index in [1.165, 1.54) is 7.11 Å². The van der Waals surface area contributed by atoms with Gasteiger partial charge in [-0.3, -0.25) is 4.99 Å². The molecule has 0 aliphatic heterocycles. The monoisotopic (exact) mass is 253 g/mol. The molecule has 1 unspecified atom stereocenters. The van der Waals surface area contributed by atoms with E-state index in [4.69, 9.17) is 4.74 Å². The largest absolute Gasteiger partial charge is 0.467 e. The van der Waals surface area contributed by atoms with Crippen molar-refractivity contribution in [1.82, 2.24) is 0 Å². The number of carbonyl (C=O) groups excluding carboxylic acids is 1. The minimum absolute atomic E-state index is 0.363. The molecule has 2 aromatic rings. The van der Waals surface area contributed by atoms with Crippen LogP contribution in [0.5, 0.6) is 0 Å². The van der Waals surface area contributed by atoms with E-state index < -0.39 is 6.04 Å². The van der Waals surface area contributed by atoms with Gasteiger partial charge >= 0.3 is 5.97 Å². The van der Waals surface area contributed by atoms with Crippen LogP contribution in [0, 0.1) is 0 Å². The van der Waals surface area contributed by atoms with Gasteiger partial charge in [0.25, 0.3) is 0 Å². The first-order valence-electron chi connectivity index (χ1n) is 6.02. The van der Waals surface area contributed by atoms with E-state index in [2.05, 4.69) is 4.99 Å². The number of methoxy groups -OCH3 is 1. The molecule has 0 aliphatic carbocycles. The molecule has 0 heterocycles. The fraction of sp³-hybridized carbons (Fsp3) is 0.125. The van der Waals surface area contributed by atoms with Crippen molar-refractivity contribution < 1.29 is 9.53 Å². The Morgan fingerprint density at radius 1 is 1.05 bits per heavy atom. The Kier molecular flexibility index (Phi) is 4.45. The number of hydrogen-bond acceptors (Lipinski definition) is 3. The number of benzene rings is 2. The van der Waals surface area contributed by atoms with Crippen molar-refractivity contribution in [3.05, 3.63) is 71.8 Å². The molecule has 0 aliphatic rings. The number of aliphatic imine (C=N–C) groups is 1. The minimum atomic E-state index is -0.619. The molecule has 0 N–H and O–H groups in total. The van der Waals surface area contributed by atoms with Crippen LogP contribution in [0.3, 0.4) is 0 Å². The average molecular weight is 253 g/mol. The van der Waals surface area contributed by atoms with Crippen LogP contribution in [0.4, 0.5) is 0 Å². The Balaban J connectivity index is 2.25. The molecule has 2 aromatic carbocycles. The average Bonchev–Trinajstić information content (AvgIpc) is 2.49. The molecule has 0 saturated carbocycles. The maximum atomic E-state index is 11.8. The van der Waals surface area contributed by atoms with E-state index in [1.807, 2.05) is 60.7 Å². The Morgan fingerprint density at radius 3 is 2.21 bits per heavy atom. The van der Waals surface area contributed by atoms with Crippen molar-refractivity contribution in [3.63, 3.8) is 0 Å². The van der Waals surface area contributed by atoms with E-state index in [0.717, 1.165) is 11.1 Å². The lowest BCUT2D eigenvalue weighted by atomic mass is 10.1. The number of hydrogen-bond donors (Lipinski definition) is 0. The Morgan fingerprint density at radius 2 is 1.63 bits per heavy atom. The van der Waals surface area contributed by atoms with Crippen LogP contribution >= 0.6 is 0 Å². The predicted octanol–water partition coefficient (Wildman–Crippen LogP) is 3.02. The molecule has 0 saturated heterocycles. The van der Waals surface area contributed by atoms with Crippen molar-refractivity contribution in [1.29, 1.82) is 0 Å². The zero-order valence-corrected chi connectivity index (χ0v) is 10.7. The van der Waals surface area contributed by atoms with Gasteiger partial charge in [0.2, 0.25) is 0 Å². The van der Waals surface area contributed by atoms with Gasteiger partial charge in [0, 0.05) is 6.21 Å². The highest BCUT2D eigenvalue weighted by Gasteiger charge is 2.19. The second kappa shape index (κ2) is 6.50. The van der Waals surface area contributed by atoms with Crippen molar-refractivity contribution >= 4 is 12.2 Å². The van der Waals surface area contributed by atoms with Gasteiger partial charge in [-0.25, -0.2) is 4.79 Å². The summed E-state index contributed by atoms with van der Waals surface area (Å²) in [6, 6.07) is 18.4. The summed E-state index contributed by atoms with van der Waals surface area (Å²) < 4.78 is 4.80. The molecule has 2 rings (SSSR count). The van der Waals surface area contributed by atoms with Gasteiger partial charge in [0.15, 0.2) is 6.04 Å². The molecule has 0 spiro atoms. The topological polar surface area (TPSA) is 38.7 Å². The first kappa shape index (κ1) is 13.0. The number of carbonyl (C=O) groups is 1. The van der Waals surface area contributed by atoms with Crippen LogP contribution in [0.1, 0.15) is 17.2 Å². The summed E-state index contributed by atoms with van der Waals surface area (Å²) in [5.74, 6) is -0.363. The number of ether oxygens (including phenoxy) is 1. The molecule has 3 heteroatoms. The number of rotatable bonds is 4. The highest BCUT2D eigenvalue weighted by molar-refractivity contribution is 5.84. The number of esters is 1. The molecule has 19 heavy (non-hydrogen) atoms.